The highest BCUT2D eigenvalue weighted by molar-refractivity contribution is 7.66. The van der Waals surface area contributed by atoms with Crippen LogP contribution in [0, 0.1) is 0 Å². The molecule has 0 aromatic rings. The number of thiol groups is 1. The van der Waals surface area contributed by atoms with E-state index in [0.717, 1.165) is 13.0 Å². The number of nitrogens with one attached hydrogen (secondary N) is 1. The van der Waals surface area contributed by atoms with Crippen LogP contribution in [0.2, 0.25) is 0 Å². The van der Waals surface area contributed by atoms with Crippen molar-refractivity contribution in [3.05, 3.63) is 0 Å². The molecule has 1 atom stereocenters. The molecule has 0 saturated carbocycles. The van der Waals surface area contributed by atoms with Crippen LogP contribution in [0.3, 0.4) is 0 Å². The van der Waals surface area contributed by atoms with Crippen LogP contribution in [0.15, 0.2) is 0 Å². The summed E-state index contributed by atoms with van der Waals surface area (Å²) in [5.74, 6) is 0.845. The van der Waals surface area contributed by atoms with E-state index in [1.807, 2.05) is 0 Å². The van der Waals surface area contributed by atoms with Crippen molar-refractivity contribution in [3.8, 4) is 0 Å². The standard InChI is InChI=1S/C7H15Cl2N2O2P.H2O3S/c8-2-5-11(6-3-9)14(12)10-4-1-7-13-14;1-4(2)3/h1-7H2,(H,10,12);4H,(H,1,2,3). The third kappa shape index (κ3) is 7.91. The number of nitrogens with zero attached hydrogens (tertiary/aromatic N) is 1. The molecular formula is C7H17Cl2N2O5PS. The van der Waals surface area contributed by atoms with E-state index in [2.05, 4.69) is 5.09 Å². The zero-order valence-electron chi connectivity index (χ0n) is 9.63. The minimum Gasteiger partial charge on any atom is -0.306 e. The Morgan fingerprint density at radius 1 is 1.33 bits per heavy atom. The summed E-state index contributed by atoms with van der Waals surface area (Å²) in [4.78, 5) is 0. The van der Waals surface area contributed by atoms with Crippen LogP contribution < -0.4 is 5.09 Å². The van der Waals surface area contributed by atoms with Gasteiger partial charge in [-0.3, -0.25) is 9.12 Å². The molecule has 11 heteroatoms. The van der Waals surface area contributed by atoms with Crippen molar-refractivity contribution < 1.29 is 22.1 Å². The molecule has 110 valence electrons. The fourth-order valence-corrected chi connectivity index (χ4v) is 3.92. The molecule has 1 aliphatic heterocycles. The lowest BCUT2D eigenvalue weighted by Crippen LogP contribution is -2.35. The summed E-state index contributed by atoms with van der Waals surface area (Å²) in [5, 5.41) is 2.91. The zero-order chi connectivity index (χ0) is 14.0. The van der Waals surface area contributed by atoms with Gasteiger partial charge in [-0.05, 0) is 6.42 Å². The smallest absolute Gasteiger partial charge is 0.306 e. The number of hydrogen-bond acceptors (Lipinski definition) is 4. The number of rotatable bonds is 5. The first kappa shape index (κ1) is 18.6. The number of alkyl halides is 2. The maximum absolute atomic E-state index is 12.2. The Kier molecular flexibility index (Phi) is 10.7. The van der Waals surface area contributed by atoms with Gasteiger partial charge in [-0.1, -0.05) is 0 Å². The van der Waals surface area contributed by atoms with Crippen molar-refractivity contribution in [1.82, 2.24) is 9.76 Å². The second kappa shape index (κ2) is 10.4. The summed E-state index contributed by atoms with van der Waals surface area (Å²) in [6, 6.07) is 0. The van der Waals surface area contributed by atoms with Gasteiger partial charge >= 0.3 is 7.67 Å². The second-order valence-corrected chi connectivity index (χ2v) is 6.60. The van der Waals surface area contributed by atoms with Crippen molar-refractivity contribution in [2.24, 2.45) is 0 Å². The molecule has 7 nitrogen and oxygen atoms in total. The van der Waals surface area contributed by atoms with Crippen LogP contribution in [-0.2, 0) is 20.1 Å². The van der Waals surface area contributed by atoms with Gasteiger partial charge in [-0.2, -0.15) is 0 Å². The summed E-state index contributed by atoms with van der Waals surface area (Å²) in [5.41, 5.74) is 0. The van der Waals surface area contributed by atoms with E-state index >= 15 is 0 Å². The lowest BCUT2D eigenvalue weighted by molar-refractivity contribution is 0.233. The molecule has 0 spiro atoms. The maximum atomic E-state index is 12.2. The molecule has 2 N–H and O–H groups in total. The average Bonchev–Trinajstić information content (AvgIpc) is 2.29. The Balaban J connectivity index is 0.000000631. The predicted molar refractivity (Wildman–Crippen MR) is 72.1 cm³/mol. The molecule has 1 aliphatic rings. The highest BCUT2D eigenvalue weighted by atomic mass is 35.5. The van der Waals surface area contributed by atoms with Crippen LogP contribution in [0.1, 0.15) is 6.42 Å². The summed E-state index contributed by atoms with van der Waals surface area (Å²) in [6.45, 7) is 2.31. The van der Waals surface area contributed by atoms with Gasteiger partial charge in [0, 0.05) is 31.4 Å². The fraction of sp³-hybridized carbons (Fsp3) is 1.00. The summed E-state index contributed by atoms with van der Waals surface area (Å²) < 4.78 is 43.4. The van der Waals surface area contributed by atoms with E-state index in [1.165, 1.54) is 0 Å². The van der Waals surface area contributed by atoms with Gasteiger partial charge in [-0.25, -0.2) is 18.2 Å². The molecule has 0 aromatic heterocycles. The lowest BCUT2D eigenvalue weighted by atomic mass is 10.5. The van der Waals surface area contributed by atoms with Crippen molar-refractivity contribution in [2.75, 3.05) is 38.0 Å². The molecule has 0 radical (unpaired) electrons. The van der Waals surface area contributed by atoms with Gasteiger partial charge in [0.2, 0.25) is 0 Å². The zero-order valence-corrected chi connectivity index (χ0v) is 12.9. The summed E-state index contributed by atoms with van der Waals surface area (Å²) >= 11 is 11.2. The quantitative estimate of drug-likeness (QED) is 0.296. The van der Waals surface area contributed by atoms with E-state index < -0.39 is 18.7 Å². The first-order valence-electron chi connectivity index (χ1n) is 5.16. The minimum atomic E-state index is -3.12. The first-order chi connectivity index (χ1) is 8.46. The highest BCUT2D eigenvalue weighted by Crippen LogP contribution is 2.47. The Bertz CT molecular complexity index is 320. The maximum Gasteiger partial charge on any atom is 0.343 e. The lowest BCUT2D eigenvalue weighted by Gasteiger charge is -2.33. The molecule has 1 fully saturated rings. The van der Waals surface area contributed by atoms with Crippen LogP contribution >= 0.6 is 30.9 Å². The fourth-order valence-electron chi connectivity index (χ4n) is 1.28. The molecule has 0 aromatic carbocycles. The van der Waals surface area contributed by atoms with Crippen molar-refractivity contribution >= 4 is 41.9 Å². The SMILES string of the molecule is O=P1(N(CCCl)CCCl)NCCCO1.O=[SH](=O)O. The van der Waals surface area contributed by atoms with Gasteiger partial charge < -0.3 is 4.52 Å². The molecule has 1 heterocycles. The largest absolute Gasteiger partial charge is 0.343 e. The van der Waals surface area contributed by atoms with Gasteiger partial charge in [-0.15, -0.1) is 23.2 Å². The molecule has 1 unspecified atom stereocenters. The van der Waals surface area contributed by atoms with Crippen LogP contribution in [-0.4, -0.2) is 55.6 Å². The van der Waals surface area contributed by atoms with Crippen LogP contribution in [0.5, 0.6) is 0 Å². The van der Waals surface area contributed by atoms with Crippen molar-refractivity contribution in [1.29, 1.82) is 0 Å². The van der Waals surface area contributed by atoms with E-state index in [-0.39, 0.29) is 0 Å². The van der Waals surface area contributed by atoms with E-state index in [4.69, 9.17) is 40.7 Å². The van der Waals surface area contributed by atoms with Crippen molar-refractivity contribution in [3.63, 3.8) is 0 Å². The summed E-state index contributed by atoms with van der Waals surface area (Å²) in [7, 11) is -5.96. The number of hydrogen-bond donors (Lipinski definition) is 3. The molecule has 0 bridgehead atoms. The van der Waals surface area contributed by atoms with Crippen LogP contribution in [0.25, 0.3) is 0 Å². The minimum absolute atomic E-state index is 0.423. The van der Waals surface area contributed by atoms with Gasteiger partial charge in [0.15, 0.2) is 0 Å². The Hall–Kier alpha value is 0.600. The Morgan fingerprint density at radius 2 is 1.83 bits per heavy atom. The number of halogens is 2. The third-order valence-electron chi connectivity index (χ3n) is 1.96. The average molecular weight is 343 g/mol. The molecule has 0 amide bonds. The Morgan fingerprint density at radius 3 is 2.17 bits per heavy atom. The molecule has 1 saturated heterocycles. The van der Waals surface area contributed by atoms with Crippen LogP contribution in [0.4, 0.5) is 0 Å². The van der Waals surface area contributed by atoms with E-state index in [0.29, 0.717) is 31.5 Å². The predicted octanol–water partition coefficient (Wildman–Crippen LogP) is 0.955. The van der Waals surface area contributed by atoms with Crippen molar-refractivity contribution in [2.45, 2.75) is 6.42 Å². The second-order valence-electron chi connectivity index (χ2n) is 3.18. The normalized spacial score (nSPS) is 23.8. The monoisotopic (exact) mass is 342 g/mol. The highest BCUT2D eigenvalue weighted by Gasteiger charge is 2.32. The van der Waals surface area contributed by atoms with E-state index in [9.17, 15) is 4.57 Å². The third-order valence-corrected chi connectivity index (χ3v) is 4.60. The van der Waals surface area contributed by atoms with Gasteiger partial charge in [0.1, 0.15) is 0 Å². The Labute approximate surface area is 118 Å². The molecular weight excluding hydrogens is 326 g/mol. The molecule has 18 heavy (non-hydrogen) atoms. The van der Waals surface area contributed by atoms with Gasteiger partial charge in [0.05, 0.1) is 6.61 Å². The summed E-state index contributed by atoms with van der Waals surface area (Å²) in [6.07, 6.45) is 0.888. The van der Waals surface area contributed by atoms with Gasteiger partial charge in [0.25, 0.3) is 11.0 Å². The molecule has 1 rings (SSSR count). The van der Waals surface area contributed by atoms with E-state index in [1.54, 1.807) is 4.67 Å². The molecule has 0 aliphatic carbocycles. The first-order valence-corrected chi connectivity index (χ1v) is 8.94. The topological polar surface area (TPSA) is 95.9 Å².